The van der Waals surface area contributed by atoms with Gasteiger partial charge in [0, 0.05) is 101 Å². The molecular formula is C51H66N10O6. The molecule has 10 rings (SSSR count). The monoisotopic (exact) mass is 915 g/mol. The fourth-order valence-corrected chi connectivity index (χ4v) is 9.11. The van der Waals surface area contributed by atoms with E-state index in [1.807, 2.05) is 71.8 Å². The minimum absolute atomic E-state index is 0. The summed E-state index contributed by atoms with van der Waals surface area (Å²) in [5.74, 6) is 3.06. The van der Waals surface area contributed by atoms with E-state index in [4.69, 9.17) is 18.9 Å². The molecule has 0 aliphatic carbocycles. The maximum atomic E-state index is 12.5. The zero-order valence-electron chi connectivity index (χ0n) is 38.3. The summed E-state index contributed by atoms with van der Waals surface area (Å²) in [5.41, 5.74) is 7.72. The Hall–Kier alpha value is -5.94. The fraction of sp³-hybridized carbons (Fsp3) is 0.490. The van der Waals surface area contributed by atoms with E-state index in [-0.39, 0.29) is 18.5 Å². The summed E-state index contributed by atoms with van der Waals surface area (Å²) in [6.45, 7) is 15.3. The van der Waals surface area contributed by atoms with Crippen LogP contribution in [0.5, 0.6) is 23.0 Å². The van der Waals surface area contributed by atoms with Crippen molar-refractivity contribution < 1.29 is 18.9 Å². The predicted octanol–water partition coefficient (Wildman–Crippen LogP) is 5.67. The first kappa shape index (κ1) is 47.5. The Labute approximate surface area is 392 Å². The van der Waals surface area contributed by atoms with Gasteiger partial charge in [-0.1, -0.05) is 7.43 Å². The van der Waals surface area contributed by atoms with Crippen LogP contribution in [0.25, 0.3) is 22.1 Å². The Balaban J connectivity index is 0.000000179. The summed E-state index contributed by atoms with van der Waals surface area (Å²) in [4.78, 5) is 47.8. The number of ether oxygens (including phenoxy) is 4. The van der Waals surface area contributed by atoms with E-state index >= 15 is 0 Å². The number of likely N-dealkylation sites (tertiary alicyclic amines) is 2. The van der Waals surface area contributed by atoms with Gasteiger partial charge in [-0.15, -0.1) is 0 Å². The lowest BCUT2D eigenvalue weighted by molar-refractivity contribution is 0.191. The summed E-state index contributed by atoms with van der Waals surface area (Å²) in [5, 5.41) is 7.29. The summed E-state index contributed by atoms with van der Waals surface area (Å²) in [7, 11) is 0. The van der Waals surface area contributed by atoms with Crippen LogP contribution in [0.15, 0.2) is 82.9 Å². The van der Waals surface area contributed by atoms with Crippen LogP contribution in [-0.2, 0) is 26.2 Å². The first-order valence-electron chi connectivity index (χ1n) is 23.6. The molecule has 2 saturated heterocycles. The van der Waals surface area contributed by atoms with Gasteiger partial charge < -0.3 is 48.5 Å². The maximum absolute atomic E-state index is 12.5. The van der Waals surface area contributed by atoms with Crippen molar-refractivity contribution in [2.75, 3.05) is 65.7 Å². The summed E-state index contributed by atoms with van der Waals surface area (Å²) < 4.78 is 26.6. The molecule has 0 atom stereocenters. The minimum atomic E-state index is 0. The Morgan fingerprint density at radius 3 is 1.34 bits per heavy atom. The summed E-state index contributed by atoms with van der Waals surface area (Å²) >= 11 is 0. The largest absolute Gasteiger partial charge is 0.489 e. The molecule has 6 aromatic rings. The zero-order valence-corrected chi connectivity index (χ0v) is 38.3. The number of hydrogen-bond donors (Lipinski definition) is 2. The standard InChI is InChI=1S/2C25H31N5O3.CH4/c2*1-18-13-22-21(28-15-18)3-4-25(31)30(22)10-9-29-7-5-19(6-8-29)26-16-20-14-23-24(17-27-20)33-12-2-11-32-23;/h2*3-4,13-15,17,19,26H,2,5-12,16H2,1H3;1H4. The Kier molecular flexibility index (Phi) is 16.1. The van der Waals surface area contributed by atoms with Crippen LogP contribution in [0, 0.1) is 13.8 Å². The quantitative estimate of drug-likeness (QED) is 0.155. The van der Waals surface area contributed by atoms with Gasteiger partial charge in [0.15, 0.2) is 23.0 Å². The molecule has 0 aromatic carbocycles. The van der Waals surface area contributed by atoms with Gasteiger partial charge in [0.2, 0.25) is 0 Å². The highest BCUT2D eigenvalue weighted by molar-refractivity contribution is 5.75. The van der Waals surface area contributed by atoms with E-state index in [9.17, 15) is 9.59 Å². The Morgan fingerprint density at radius 2 is 0.925 bits per heavy atom. The molecule has 6 aromatic heterocycles. The van der Waals surface area contributed by atoms with Gasteiger partial charge >= 0.3 is 0 Å². The second kappa shape index (κ2) is 22.7. The molecule has 2 N–H and O–H groups in total. The van der Waals surface area contributed by atoms with Crippen molar-refractivity contribution in [3.8, 4) is 23.0 Å². The second-order valence-corrected chi connectivity index (χ2v) is 17.8. The number of fused-ring (bicyclic) bond motifs is 4. The lowest BCUT2D eigenvalue weighted by atomic mass is 10.0. The van der Waals surface area contributed by atoms with E-state index in [2.05, 4.69) is 40.4 Å². The molecular weight excluding hydrogens is 849 g/mol. The molecule has 16 nitrogen and oxygen atoms in total. The van der Waals surface area contributed by atoms with E-state index < -0.39 is 0 Å². The number of pyridine rings is 6. The molecule has 4 aliphatic heterocycles. The van der Waals surface area contributed by atoms with Gasteiger partial charge in [0.1, 0.15) is 0 Å². The molecule has 2 fully saturated rings. The molecule has 16 heteroatoms. The van der Waals surface area contributed by atoms with Crippen LogP contribution in [0.4, 0.5) is 0 Å². The van der Waals surface area contributed by atoms with Crippen molar-refractivity contribution in [2.24, 2.45) is 0 Å². The Morgan fingerprint density at radius 1 is 0.522 bits per heavy atom. The van der Waals surface area contributed by atoms with Crippen molar-refractivity contribution in [1.29, 1.82) is 0 Å². The highest BCUT2D eigenvalue weighted by Crippen LogP contribution is 2.30. The van der Waals surface area contributed by atoms with Crippen molar-refractivity contribution in [3.05, 3.63) is 117 Å². The van der Waals surface area contributed by atoms with Crippen LogP contribution in [0.1, 0.15) is 68.5 Å². The smallest absolute Gasteiger partial charge is 0.251 e. The average molecular weight is 915 g/mol. The lowest BCUT2D eigenvalue weighted by Gasteiger charge is -2.32. The highest BCUT2D eigenvalue weighted by Gasteiger charge is 2.22. The molecule has 4 aliphatic rings. The van der Waals surface area contributed by atoms with Gasteiger partial charge in [-0.25, -0.2) is 0 Å². The first-order valence-corrected chi connectivity index (χ1v) is 23.6. The van der Waals surface area contributed by atoms with Crippen molar-refractivity contribution in [2.45, 2.75) is 98.1 Å². The molecule has 0 saturated carbocycles. The number of rotatable bonds is 12. The van der Waals surface area contributed by atoms with Crippen molar-refractivity contribution in [3.63, 3.8) is 0 Å². The zero-order chi connectivity index (χ0) is 45.2. The number of aromatic nitrogens is 6. The topological polar surface area (TPSA) is 163 Å². The number of aryl methyl sites for hydroxylation is 2. The van der Waals surface area contributed by atoms with E-state index in [1.54, 1.807) is 24.5 Å². The summed E-state index contributed by atoms with van der Waals surface area (Å²) in [6, 6.07) is 15.9. The predicted molar refractivity (Wildman–Crippen MR) is 261 cm³/mol. The normalized spacial score (nSPS) is 17.0. The molecule has 0 spiro atoms. The third kappa shape index (κ3) is 12.3. The first-order chi connectivity index (χ1) is 32.3. The van der Waals surface area contributed by atoms with E-state index in [1.165, 1.54) is 0 Å². The van der Waals surface area contributed by atoms with Gasteiger partial charge in [-0.2, -0.15) is 0 Å². The third-order valence-corrected chi connectivity index (χ3v) is 12.9. The molecule has 0 radical (unpaired) electrons. The van der Waals surface area contributed by atoms with Crippen LogP contribution in [-0.4, -0.2) is 117 Å². The molecule has 67 heavy (non-hydrogen) atoms. The van der Waals surface area contributed by atoms with Gasteiger partial charge in [0.25, 0.3) is 11.1 Å². The Bertz CT molecular complexity index is 2530. The fourth-order valence-electron chi connectivity index (χ4n) is 9.11. The lowest BCUT2D eigenvalue weighted by Crippen LogP contribution is -2.43. The van der Waals surface area contributed by atoms with Crippen molar-refractivity contribution >= 4 is 22.1 Å². The summed E-state index contributed by atoms with van der Waals surface area (Å²) in [6.07, 6.45) is 13.3. The number of piperidine rings is 2. The molecule has 0 unspecified atom stereocenters. The van der Waals surface area contributed by atoms with Crippen LogP contribution < -0.4 is 40.7 Å². The van der Waals surface area contributed by atoms with Crippen molar-refractivity contribution in [1.82, 2.24) is 49.5 Å². The minimum Gasteiger partial charge on any atom is -0.489 e. The van der Waals surface area contributed by atoms with Gasteiger partial charge in [0.05, 0.1) is 72.3 Å². The van der Waals surface area contributed by atoms with Crippen LogP contribution in [0.2, 0.25) is 0 Å². The number of nitrogens with zero attached hydrogens (tertiary/aromatic N) is 8. The average Bonchev–Trinajstić information content (AvgIpc) is 3.73. The van der Waals surface area contributed by atoms with E-state index in [0.717, 1.165) is 158 Å². The number of nitrogens with one attached hydrogen (secondary N) is 2. The van der Waals surface area contributed by atoms with Gasteiger partial charge in [-0.05, 0) is 101 Å². The SMILES string of the molecule is C.Cc1cnc2ccc(=O)n(CCN3CCC(NCc4cc5c(cn4)OCCCO5)CC3)c2c1.Cc1cnc2ccc(=O)n(CCN3CCC(NCc4cc5c(cn4)OCCCO5)CC3)c2c1. The van der Waals surface area contributed by atoms with Crippen LogP contribution >= 0.6 is 0 Å². The molecule has 0 bridgehead atoms. The van der Waals surface area contributed by atoms with Gasteiger partial charge in [-0.3, -0.25) is 29.5 Å². The molecule has 10 heterocycles. The number of hydrogen-bond acceptors (Lipinski definition) is 14. The molecule has 0 amide bonds. The second-order valence-electron chi connectivity index (χ2n) is 17.8. The maximum Gasteiger partial charge on any atom is 0.251 e. The molecule has 356 valence electrons. The third-order valence-electron chi connectivity index (χ3n) is 12.9. The van der Waals surface area contributed by atoms with E-state index in [0.29, 0.717) is 51.6 Å². The highest BCUT2D eigenvalue weighted by atomic mass is 16.5. The van der Waals surface area contributed by atoms with Crippen LogP contribution in [0.3, 0.4) is 0 Å².